The molecule has 0 spiro atoms. The highest BCUT2D eigenvalue weighted by atomic mass is 19.1. The lowest BCUT2D eigenvalue weighted by atomic mass is 9.76. The van der Waals surface area contributed by atoms with E-state index in [1.54, 1.807) is 12.1 Å². The van der Waals surface area contributed by atoms with E-state index < -0.39 is 0 Å². The van der Waals surface area contributed by atoms with Gasteiger partial charge in [-0.1, -0.05) is 13.0 Å². The quantitative estimate of drug-likeness (QED) is 0.835. The molecule has 1 fully saturated rings. The zero-order chi connectivity index (χ0) is 12.4. The van der Waals surface area contributed by atoms with E-state index in [1.165, 1.54) is 18.4 Å². The minimum atomic E-state index is -0.146. The Labute approximate surface area is 103 Å². The zero-order valence-electron chi connectivity index (χ0n) is 10.7. The van der Waals surface area contributed by atoms with Crippen LogP contribution in [0.15, 0.2) is 18.2 Å². The third-order valence-electron chi connectivity index (χ3n) is 4.09. The molecule has 1 aliphatic carbocycles. The van der Waals surface area contributed by atoms with Crippen molar-refractivity contribution in [2.75, 3.05) is 0 Å². The average molecular weight is 235 g/mol. The molecule has 2 heteroatoms. The predicted octanol–water partition coefficient (Wildman–Crippen LogP) is 3.44. The molecule has 0 aromatic heterocycles. The molecule has 1 aromatic rings. The van der Waals surface area contributed by atoms with Gasteiger partial charge in [-0.15, -0.1) is 0 Å². The van der Waals surface area contributed by atoms with Gasteiger partial charge in [0.25, 0.3) is 0 Å². The maximum atomic E-state index is 13.0. The SMILES string of the molecule is Cc1cc(F)ccc1CC1CC(C)CCC1N. The molecule has 1 saturated carbocycles. The summed E-state index contributed by atoms with van der Waals surface area (Å²) in [5.41, 5.74) is 8.50. The molecule has 1 aromatic carbocycles. The van der Waals surface area contributed by atoms with Crippen LogP contribution in [0, 0.1) is 24.6 Å². The van der Waals surface area contributed by atoms with Crippen LogP contribution in [0.2, 0.25) is 0 Å². The van der Waals surface area contributed by atoms with Crippen molar-refractivity contribution in [3.05, 3.63) is 35.1 Å². The third-order valence-corrected chi connectivity index (χ3v) is 4.09. The van der Waals surface area contributed by atoms with Crippen LogP contribution < -0.4 is 5.73 Å². The van der Waals surface area contributed by atoms with E-state index in [9.17, 15) is 4.39 Å². The van der Waals surface area contributed by atoms with E-state index in [1.807, 2.05) is 13.0 Å². The molecule has 1 nitrogen and oxygen atoms in total. The maximum absolute atomic E-state index is 13.0. The van der Waals surface area contributed by atoms with Crippen molar-refractivity contribution in [2.45, 2.75) is 45.6 Å². The molecule has 0 heterocycles. The molecule has 2 N–H and O–H groups in total. The van der Waals surface area contributed by atoms with E-state index in [4.69, 9.17) is 5.73 Å². The molecular weight excluding hydrogens is 213 g/mol. The van der Waals surface area contributed by atoms with E-state index in [0.717, 1.165) is 24.3 Å². The predicted molar refractivity (Wildman–Crippen MR) is 69.3 cm³/mol. The summed E-state index contributed by atoms with van der Waals surface area (Å²) in [5, 5.41) is 0. The van der Waals surface area contributed by atoms with Gasteiger partial charge in [-0.25, -0.2) is 4.39 Å². The molecule has 3 atom stereocenters. The number of benzene rings is 1. The number of hydrogen-bond acceptors (Lipinski definition) is 1. The van der Waals surface area contributed by atoms with Crippen LogP contribution in [0.4, 0.5) is 4.39 Å². The topological polar surface area (TPSA) is 26.0 Å². The fraction of sp³-hybridized carbons (Fsp3) is 0.600. The van der Waals surface area contributed by atoms with Gasteiger partial charge in [-0.2, -0.15) is 0 Å². The second-order valence-corrected chi connectivity index (χ2v) is 5.62. The average Bonchev–Trinajstić information content (AvgIpc) is 2.27. The molecule has 0 radical (unpaired) electrons. The van der Waals surface area contributed by atoms with Crippen LogP contribution in [0.3, 0.4) is 0 Å². The first kappa shape index (κ1) is 12.6. The lowest BCUT2D eigenvalue weighted by molar-refractivity contribution is 0.244. The minimum absolute atomic E-state index is 0.146. The monoisotopic (exact) mass is 235 g/mol. The first-order valence-corrected chi connectivity index (χ1v) is 6.57. The number of hydrogen-bond donors (Lipinski definition) is 1. The van der Waals surface area contributed by atoms with E-state index in [2.05, 4.69) is 6.92 Å². The van der Waals surface area contributed by atoms with Gasteiger partial charge >= 0.3 is 0 Å². The number of halogens is 1. The van der Waals surface area contributed by atoms with Gasteiger partial charge in [0, 0.05) is 6.04 Å². The minimum Gasteiger partial charge on any atom is -0.327 e. The lowest BCUT2D eigenvalue weighted by Gasteiger charge is -2.33. The largest absolute Gasteiger partial charge is 0.327 e. The Balaban J connectivity index is 2.08. The van der Waals surface area contributed by atoms with E-state index >= 15 is 0 Å². The second-order valence-electron chi connectivity index (χ2n) is 5.62. The summed E-state index contributed by atoms with van der Waals surface area (Å²) in [6.45, 7) is 4.28. The fourth-order valence-electron chi connectivity index (χ4n) is 2.93. The summed E-state index contributed by atoms with van der Waals surface area (Å²) in [6.07, 6.45) is 4.59. The molecule has 0 aliphatic heterocycles. The zero-order valence-corrected chi connectivity index (χ0v) is 10.7. The Kier molecular flexibility index (Phi) is 3.82. The summed E-state index contributed by atoms with van der Waals surface area (Å²) >= 11 is 0. The summed E-state index contributed by atoms with van der Waals surface area (Å²) in [5.74, 6) is 1.19. The molecule has 3 unspecified atom stereocenters. The van der Waals surface area contributed by atoms with Crippen molar-refractivity contribution in [1.29, 1.82) is 0 Å². The van der Waals surface area contributed by atoms with Crippen LogP contribution in [0.5, 0.6) is 0 Å². The summed E-state index contributed by atoms with van der Waals surface area (Å²) in [7, 11) is 0. The van der Waals surface area contributed by atoms with Crippen molar-refractivity contribution in [3.63, 3.8) is 0 Å². The highest BCUT2D eigenvalue weighted by molar-refractivity contribution is 5.27. The van der Waals surface area contributed by atoms with Gasteiger partial charge in [0.2, 0.25) is 0 Å². The van der Waals surface area contributed by atoms with Gasteiger partial charge in [0.1, 0.15) is 5.82 Å². The first-order valence-electron chi connectivity index (χ1n) is 6.57. The first-order chi connectivity index (χ1) is 8.06. The summed E-state index contributed by atoms with van der Waals surface area (Å²) in [6, 6.07) is 5.40. The molecule has 1 aliphatic rings. The van der Waals surface area contributed by atoms with E-state index in [-0.39, 0.29) is 5.82 Å². The maximum Gasteiger partial charge on any atom is 0.123 e. The lowest BCUT2D eigenvalue weighted by Crippen LogP contribution is -2.36. The smallest absolute Gasteiger partial charge is 0.123 e. The van der Waals surface area contributed by atoms with Gasteiger partial charge in [-0.3, -0.25) is 0 Å². The summed E-state index contributed by atoms with van der Waals surface area (Å²) < 4.78 is 13.0. The number of aryl methyl sites for hydroxylation is 1. The Bertz CT molecular complexity index is 389. The van der Waals surface area contributed by atoms with Crippen molar-refractivity contribution >= 4 is 0 Å². The van der Waals surface area contributed by atoms with Crippen LogP contribution in [-0.2, 0) is 6.42 Å². The molecular formula is C15H22FN. The number of nitrogens with two attached hydrogens (primary N) is 1. The van der Waals surface area contributed by atoms with Crippen molar-refractivity contribution in [3.8, 4) is 0 Å². The molecule has 17 heavy (non-hydrogen) atoms. The van der Waals surface area contributed by atoms with Gasteiger partial charge < -0.3 is 5.73 Å². The normalized spacial score (nSPS) is 29.3. The Morgan fingerprint density at radius 1 is 1.35 bits per heavy atom. The Morgan fingerprint density at radius 3 is 2.82 bits per heavy atom. The highest BCUT2D eigenvalue weighted by Crippen LogP contribution is 2.31. The summed E-state index contributed by atoms with van der Waals surface area (Å²) in [4.78, 5) is 0. The molecule has 94 valence electrons. The molecule has 0 amide bonds. The Morgan fingerprint density at radius 2 is 2.12 bits per heavy atom. The Hall–Kier alpha value is -0.890. The van der Waals surface area contributed by atoms with Crippen molar-refractivity contribution in [2.24, 2.45) is 17.6 Å². The van der Waals surface area contributed by atoms with E-state index in [0.29, 0.717) is 12.0 Å². The molecule has 2 rings (SSSR count). The van der Waals surface area contributed by atoms with Crippen molar-refractivity contribution in [1.82, 2.24) is 0 Å². The third kappa shape index (κ3) is 3.06. The van der Waals surface area contributed by atoms with Crippen LogP contribution in [0.25, 0.3) is 0 Å². The second kappa shape index (κ2) is 5.18. The fourth-order valence-corrected chi connectivity index (χ4v) is 2.93. The molecule has 0 bridgehead atoms. The highest BCUT2D eigenvalue weighted by Gasteiger charge is 2.26. The van der Waals surface area contributed by atoms with Gasteiger partial charge in [0.05, 0.1) is 0 Å². The standard InChI is InChI=1S/C15H22FN/c1-10-3-6-15(17)13(7-10)9-12-4-5-14(16)8-11(12)2/h4-5,8,10,13,15H,3,6-7,9,17H2,1-2H3. The number of rotatable bonds is 2. The van der Waals surface area contributed by atoms with Gasteiger partial charge in [-0.05, 0) is 67.7 Å². The van der Waals surface area contributed by atoms with Crippen LogP contribution in [0.1, 0.15) is 37.3 Å². The van der Waals surface area contributed by atoms with Gasteiger partial charge in [0.15, 0.2) is 0 Å². The van der Waals surface area contributed by atoms with Crippen LogP contribution in [-0.4, -0.2) is 6.04 Å². The van der Waals surface area contributed by atoms with Crippen molar-refractivity contribution < 1.29 is 4.39 Å². The molecule has 0 saturated heterocycles. The van der Waals surface area contributed by atoms with Crippen LogP contribution >= 0.6 is 0 Å².